The molecule has 3 N–H and O–H groups in total. The van der Waals surface area contributed by atoms with Crippen LogP contribution in [0.5, 0.6) is 5.75 Å². The zero-order chi connectivity index (χ0) is 27.4. The second-order valence-electron chi connectivity index (χ2n) is 9.27. The summed E-state index contributed by atoms with van der Waals surface area (Å²) in [6.07, 6.45) is 2.78. The van der Waals surface area contributed by atoms with Gasteiger partial charge in [-0.05, 0) is 50.1 Å². The average Bonchev–Trinajstić information content (AvgIpc) is 3.33. The summed E-state index contributed by atoms with van der Waals surface area (Å²) >= 11 is 12.7. The maximum absolute atomic E-state index is 10.1. The minimum Gasteiger partial charge on any atom is -0.491 e. The summed E-state index contributed by atoms with van der Waals surface area (Å²) in [5.74, 6) is 1.72. The number of anilines is 1. The lowest BCUT2D eigenvalue weighted by Crippen LogP contribution is -2.21. The fourth-order valence-electron chi connectivity index (χ4n) is 4.49. The third-order valence-electron chi connectivity index (χ3n) is 6.54. The van der Waals surface area contributed by atoms with Gasteiger partial charge in [0.05, 0.1) is 34.8 Å². The molecule has 38 heavy (non-hydrogen) atoms. The largest absolute Gasteiger partial charge is 0.491 e. The molecule has 0 amide bonds. The number of rotatable bonds is 10. The Morgan fingerprint density at radius 3 is 2.74 bits per heavy atom. The molecule has 0 saturated carbocycles. The first-order valence-electron chi connectivity index (χ1n) is 12.5. The molecule has 0 aliphatic carbocycles. The number of aromatic nitrogens is 3. The topological polar surface area (TPSA) is 107 Å². The van der Waals surface area contributed by atoms with Crippen LogP contribution in [0.25, 0.3) is 17.1 Å². The van der Waals surface area contributed by atoms with Gasteiger partial charge in [0.25, 0.3) is 0 Å². The molecule has 0 bridgehead atoms. The minimum atomic E-state index is -0.546. The van der Waals surface area contributed by atoms with Gasteiger partial charge in [0.1, 0.15) is 23.3 Å². The molecule has 1 aromatic carbocycles. The molecule has 1 aliphatic rings. The molecule has 0 spiro atoms. The van der Waals surface area contributed by atoms with E-state index in [0.717, 1.165) is 29.1 Å². The molecule has 10 heteroatoms. The van der Waals surface area contributed by atoms with Crippen molar-refractivity contribution < 1.29 is 9.84 Å². The van der Waals surface area contributed by atoms with Gasteiger partial charge in [-0.25, -0.2) is 9.97 Å². The molecule has 200 valence electrons. The van der Waals surface area contributed by atoms with Crippen molar-refractivity contribution in [2.24, 2.45) is 0 Å². The molecule has 1 aliphatic heterocycles. The Hall–Kier alpha value is -3.20. The van der Waals surface area contributed by atoms with Crippen LogP contribution in [-0.4, -0.2) is 45.0 Å². The van der Waals surface area contributed by atoms with E-state index in [-0.39, 0.29) is 11.8 Å². The van der Waals surface area contributed by atoms with Crippen molar-refractivity contribution in [2.45, 2.75) is 52.8 Å². The third kappa shape index (κ3) is 5.93. The normalized spacial score (nSPS) is 14.1. The van der Waals surface area contributed by atoms with Crippen LogP contribution in [0.2, 0.25) is 5.02 Å². The molecule has 3 aromatic rings. The van der Waals surface area contributed by atoms with E-state index in [1.807, 2.05) is 19.9 Å². The molecule has 0 saturated heterocycles. The lowest BCUT2D eigenvalue weighted by molar-refractivity contribution is 0.0994. The number of hydrogen-bond acceptors (Lipinski definition) is 8. The van der Waals surface area contributed by atoms with Gasteiger partial charge >= 0.3 is 0 Å². The number of pyridine rings is 1. The van der Waals surface area contributed by atoms with E-state index in [1.165, 1.54) is 0 Å². The molecule has 1 atom stereocenters. The zero-order valence-electron chi connectivity index (χ0n) is 22.0. The molecule has 4 rings (SSSR count). The van der Waals surface area contributed by atoms with Crippen LogP contribution in [0.15, 0.2) is 42.1 Å². The predicted molar refractivity (Wildman–Crippen MR) is 153 cm³/mol. The van der Waals surface area contributed by atoms with E-state index in [2.05, 4.69) is 21.3 Å². The number of hydrogen-bond donors (Lipinski definition) is 3. The Labute approximate surface area is 233 Å². The highest BCUT2D eigenvalue weighted by molar-refractivity contribution is 6.69. The fraction of sp³-hybridized carbons (Fsp3) is 0.357. The number of benzene rings is 1. The molecule has 8 nitrogen and oxygen atoms in total. The highest BCUT2D eigenvalue weighted by atomic mass is 35.5. The van der Waals surface area contributed by atoms with Crippen LogP contribution in [0.1, 0.15) is 49.2 Å². The van der Waals surface area contributed by atoms with Gasteiger partial charge in [0, 0.05) is 36.5 Å². The SMILES string of the molecule is CCC[C@@H](O)COc1ccc(Cl)c(-c2nc(/C(NC)=C(\C)C(=N)Cl)c(C)c(N3Cc4cccnc4C3)n2)c1. The highest BCUT2D eigenvalue weighted by Gasteiger charge is 2.26. The van der Waals surface area contributed by atoms with Gasteiger partial charge in [0.2, 0.25) is 0 Å². The van der Waals surface area contributed by atoms with Crippen molar-refractivity contribution in [3.05, 3.63) is 69.6 Å². The first-order valence-corrected chi connectivity index (χ1v) is 13.3. The molecule has 0 radical (unpaired) electrons. The molecule has 2 aromatic heterocycles. The lowest BCUT2D eigenvalue weighted by atomic mass is 10.1. The Morgan fingerprint density at radius 2 is 2.05 bits per heavy atom. The van der Waals surface area contributed by atoms with Gasteiger partial charge in [-0.15, -0.1) is 0 Å². The van der Waals surface area contributed by atoms with Crippen molar-refractivity contribution in [1.82, 2.24) is 20.3 Å². The van der Waals surface area contributed by atoms with Crippen molar-refractivity contribution in [3.63, 3.8) is 0 Å². The van der Waals surface area contributed by atoms with Crippen LogP contribution in [0.3, 0.4) is 0 Å². The summed E-state index contributed by atoms with van der Waals surface area (Å²) in [5, 5.41) is 21.7. The first-order chi connectivity index (χ1) is 18.2. The monoisotopic (exact) mass is 554 g/mol. The van der Waals surface area contributed by atoms with Crippen molar-refractivity contribution >= 4 is 39.9 Å². The molecular formula is C28H32Cl2N6O2. The molecule has 3 heterocycles. The standard InChI is InChI=1S/C28H32Cl2N6O2/c1-5-7-19(37)15-38-20-9-10-22(29)21(12-20)27-34-25(24(32-4)16(2)26(30)31)17(3)28(35-27)36-13-18-8-6-11-33-23(18)14-36/h6,8-12,19,31-32,37H,5,7,13-15H2,1-4H3/b24-16-,31-26?/t19-/m1/s1. The van der Waals surface area contributed by atoms with E-state index < -0.39 is 6.10 Å². The quantitative estimate of drug-likeness (QED) is 0.275. The number of nitrogens with zero attached hydrogens (tertiary/aromatic N) is 4. The molecule has 0 unspecified atom stereocenters. The summed E-state index contributed by atoms with van der Waals surface area (Å²) < 4.78 is 5.85. The van der Waals surface area contributed by atoms with Crippen LogP contribution in [0, 0.1) is 12.3 Å². The fourth-order valence-corrected chi connectivity index (χ4v) is 4.79. The van der Waals surface area contributed by atoms with Crippen molar-refractivity contribution in [3.8, 4) is 17.1 Å². The van der Waals surface area contributed by atoms with Gasteiger partial charge in [-0.1, -0.05) is 42.6 Å². The Bertz CT molecular complexity index is 1350. The number of nitrogens with one attached hydrogen (secondary N) is 2. The summed E-state index contributed by atoms with van der Waals surface area (Å²) in [6, 6.07) is 9.31. The van der Waals surface area contributed by atoms with Crippen LogP contribution in [0.4, 0.5) is 5.82 Å². The van der Waals surface area contributed by atoms with Gasteiger partial charge in [-0.3, -0.25) is 10.4 Å². The Kier molecular flexibility index (Phi) is 8.87. The first kappa shape index (κ1) is 27.8. The molecular weight excluding hydrogens is 523 g/mol. The maximum atomic E-state index is 10.1. The number of halogens is 2. The summed E-state index contributed by atoms with van der Waals surface area (Å²) in [5.41, 5.74) is 5.42. The van der Waals surface area contributed by atoms with E-state index in [4.69, 9.17) is 43.3 Å². The van der Waals surface area contributed by atoms with E-state index in [0.29, 0.717) is 58.6 Å². The van der Waals surface area contributed by atoms with Crippen molar-refractivity contribution in [1.29, 1.82) is 5.41 Å². The van der Waals surface area contributed by atoms with Crippen LogP contribution in [-0.2, 0) is 13.1 Å². The van der Waals surface area contributed by atoms with Crippen molar-refractivity contribution in [2.75, 3.05) is 18.6 Å². The van der Waals surface area contributed by atoms with Crippen LogP contribution >= 0.6 is 23.2 Å². The third-order valence-corrected chi connectivity index (χ3v) is 7.15. The second-order valence-corrected chi connectivity index (χ2v) is 10.1. The van der Waals surface area contributed by atoms with E-state index >= 15 is 0 Å². The average molecular weight is 556 g/mol. The smallest absolute Gasteiger partial charge is 0.163 e. The zero-order valence-corrected chi connectivity index (χ0v) is 23.5. The number of aliphatic hydroxyl groups excluding tert-OH is 1. The Balaban J connectivity index is 1.83. The van der Waals surface area contributed by atoms with Gasteiger partial charge in [-0.2, -0.15) is 0 Å². The summed E-state index contributed by atoms with van der Waals surface area (Å²) in [6.45, 7) is 7.22. The van der Waals surface area contributed by atoms with Gasteiger partial charge in [0.15, 0.2) is 5.82 Å². The second kappa shape index (κ2) is 12.1. The number of allylic oxidation sites excluding steroid dienone is 1. The Morgan fingerprint density at radius 1 is 1.26 bits per heavy atom. The van der Waals surface area contributed by atoms with E-state index in [1.54, 1.807) is 38.4 Å². The predicted octanol–water partition coefficient (Wildman–Crippen LogP) is 5.73. The molecule has 0 fully saturated rings. The lowest BCUT2D eigenvalue weighted by Gasteiger charge is -2.23. The summed E-state index contributed by atoms with van der Waals surface area (Å²) in [7, 11) is 1.78. The number of aliphatic hydroxyl groups is 1. The van der Waals surface area contributed by atoms with Crippen LogP contribution < -0.4 is 15.0 Å². The van der Waals surface area contributed by atoms with E-state index in [9.17, 15) is 5.11 Å². The summed E-state index contributed by atoms with van der Waals surface area (Å²) in [4.78, 5) is 16.6. The highest BCUT2D eigenvalue weighted by Crippen LogP contribution is 2.36. The number of fused-ring (bicyclic) bond motifs is 1. The maximum Gasteiger partial charge on any atom is 0.163 e. The van der Waals surface area contributed by atoms with Gasteiger partial charge < -0.3 is 20.1 Å². The minimum absolute atomic E-state index is 0.0766. The number of ether oxygens (including phenoxy) is 1.